The average Bonchev–Trinajstić information content (AvgIpc) is 2.29. The molecular weight excluding hydrogens is 196 g/mol. The zero-order valence-corrected chi connectivity index (χ0v) is 11.6. The van der Waals surface area contributed by atoms with Gasteiger partial charge in [0.25, 0.3) is 0 Å². The van der Waals surface area contributed by atoms with Gasteiger partial charge in [0.1, 0.15) is 0 Å². The molecule has 1 heterocycles. The van der Waals surface area contributed by atoms with Crippen molar-refractivity contribution in [1.29, 1.82) is 0 Å². The Hall–Kier alpha value is -0.0800. The zero-order chi connectivity index (χ0) is 12.0. The molecule has 0 radical (unpaired) electrons. The maximum Gasteiger partial charge on any atom is 0.00817 e. The average molecular weight is 226 g/mol. The maximum absolute atomic E-state index is 3.51. The number of hydrogen-bond donors (Lipinski definition) is 1. The van der Waals surface area contributed by atoms with Gasteiger partial charge in [-0.15, -0.1) is 0 Å². The van der Waals surface area contributed by atoms with Gasteiger partial charge in [0.2, 0.25) is 0 Å². The number of likely N-dealkylation sites (tertiary alicyclic amines) is 1. The van der Waals surface area contributed by atoms with E-state index >= 15 is 0 Å². The van der Waals surface area contributed by atoms with Crippen LogP contribution in [0.4, 0.5) is 0 Å². The van der Waals surface area contributed by atoms with Crippen LogP contribution < -0.4 is 5.32 Å². The molecule has 1 N–H and O–H groups in total. The lowest BCUT2D eigenvalue weighted by Gasteiger charge is -2.37. The summed E-state index contributed by atoms with van der Waals surface area (Å²) < 4.78 is 0. The van der Waals surface area contributed by atoms with E-state index in [1.807, 2.05) is 0 Å². The number of hydrogen-bond acceptors (Lipinski definition) is 2. The van der Waals surface area contributed by atoms with Gasteiger partial charge >= 0.3 is 0 Å². The topological polar surface area (TPSA) is 15.3 Å². The third kappa shape index (κ3) is 4.42. The lowest BCUT2D eigenvalue weighted by Crippen LogP contribution is -2.44. The Morgan fingerprint density at radius 3 is 2.69 bits per heavy atom. The molecule has 1 fully saturated rings. The first-order valence-corrected chi connectivity index (χ1v) is 7.14. The van der Waals surface area contributed by atoms with Crippen LogP contribution in [0.2, 0.25) is 0 Å². The quantitative estimate of drug-likeness (QED) is 0.749. The summed E-state index contributed by atoms with van der Waals surface area (Å²) >= 11 is 0. The Morgan fingerprint density at radius 2 is 2.06 bits per heavy atom. The predicted molar refractivity (Wildman–Crippen MR) is 71.8 cm³/mol. The van der Waals surface area contributed by atoms with Crippen LogP contribution in [0.3, 0.4) is 0 Å². The molecule has 1 aliphatic rings. The Morgan fingerprint density at radius 1 is 1.31 bits per heavy atom. The Balaban J connectivity index is 2.32. The first kappa shape index (κ1) is 14.0. The van der Waals surface area contributed by atoms with Gasteiger partial charge in [0.15, 0.2) is 0 Å². The maximum atomic E-state index is 3.51. The fourth-order valence-electron chi connectivity index (χ4n) is 2.92. The van der Waals surface area contributed by atoms with Crippen LogP contribution in [-0.2, 0) is 0 Å². The van der Waals surface area contributed by atoms with Crippen molar-refractivity contribution in [2.45, 2.75) is 65.5 Å². The van der Waals surface area contributed by atoms with Crippen molar-refractivity contribution in [3.05, 3.63) is 0 Å². The molecule has 3 atom stereocenters. The third-order valence-electron chi connectivity index (χ3n) is 4.00. The molecule has 0 bridgehead atoms. The van der Waals surface area contributed by atoms with Crippen LogP contribution in [-0.4, -0.2) is 36.6 Å². The summed E-state index contributed by atoms with van der Waals surface area (Å²) in [5.41, 5.74) is 0. The molecule has 1 saturated heterocycles. The van der Waals surface area contributed by atoms with Crippen LogP contribution >= 0.6 is 0 Å². The van der Waals surface area contributed by atoms with Gasteiger partial charge in [0, 0.05) is 18.6 Å². The van der Waals surface area contributed by atoms with E-state index in [1.54, 1.807) is 0 Å². The van der Waals surface area contributed by atoms with Crippen LogP contribution in [0.1, 0.15) is 53.4 Å². The van der Waals surface area contributed by atoms with Crippen molar-refractivity contribution in [2.24, 2.45) is 5.92 Å². The van der Waals surface area contributed by atoms with Crippen molar-refractivity contribution in [1.82, 2.24) is 10.2 Å². The highest BCUT2D eigenvalue weighted by atomic mass is 15.2. The van der Waals surface area contributed by atoms with E-state index in [-0.39, 0.29) is 0 Å². The van der Waals surface area contributed by atoms with E-state index < -0.39 is 0 Å². The molecule has 2 heteroatoms. The van der Waals surface area contributed by atoms with E-state index in [0.717, 1.165) is 18.5 Å². The van der Waals surface area contributed by atoms with Crippen molar-refractivity contribution >= 4 is 0 Å². The molecular formula is C14H30N2. The Kier molecular flexibility index (Phi) is 6.37. The van der Waals surface area contributed by atoms with E-state index in [1.165, 1.54) is 38.8 Å². The van der Waals surface area contributed by atoms with E-state index in [4.69, 9.17) is 0 Å². The third-order valence-corrected chi connectivity index (χ3v) is 4.00. The highest BCUT2D eigenvalue weighted by Gasteiger charge is 2.23. The summed E-state index contributed by atoms with van der Waals surface area (Å²) in [6, 6.07) is 1.39. The smallest absolute Gasteiger partial charge is 0.00817 e. The van der Waals surface area contributed by atoms with Crippen molar-refractivity contribution in [2.75, 3.05) is 19.6 Å². The van der Waals surface area contributed by atoms with Gasteiger partial charge in [0.05, 0.1) is 0 Å². The molecule has 1 rings (SSSR count). The monoisotopic (exact) mass is 226 g/mol. The van der Waals surface area contributed by atoms with Crippen LogP contribution in [0.5, 0.6) is 0 Å². The zero-order valence-electron chi connectivity index (χ0n) is 11.6. The lowest BCUT2D eigenvalue weighted by atomic mass is 9.94. The van der Waals surface area contributed by atoms with E-state index in [0.29, 0.717) is 6.04 Å². The highest BCUT2D eigenvalue weighted by Crippen LogP contribution is 2.22. The fourth-order valence-corrected chi connectivity index (χ4v) is 2.92. The van der Waals surface area contributed by atoms with Gasteiger partial charge in [-0.1, -0.05) is 20.3 Å². The van der Waals surface area contributed by atoms with Gasteiger partial charge < -0.3 is 10.2 Å². The molecule has 96 valence electrons. The summed E-state index contributed by atoms with van der Waals surface area (Å²) in [6.07, 6.45) is 5.48. The minimum Gasteiger partial charge on any atom is -0.314 e. The largest absolute Gasteiger partial charge is 0.314 e. The van der Waals surface area contributed by atoms with Gasteiger partial charge in [-0.2, -0.15) is 0 Å². The van der Waals surface area contributed by atoms with Crippen LogP contribution in [0, 0.1) is 5.92 Å². The second-order valence-corrected chi connectivity index (χ2v) is 5.45. The molecule has 16 heavy (non-hydrogen) atoms. The van der Waals surface area contributed by atoms with Crippen LogP contribution in [0.15, 0.2) is 0 Å². The number of piperidine rings is 1. The summed E-state index contributed by atoms with van der Waals surface area (Å²) in [5.74, 6) is 0.950. The summed E-state index contributed by atoms with van der Waals surface area (Å²) in [5, 5.41) is 3.51. The van der Waals surface area contributed by atoms with Crippen molar-refractivity contribution < 1.29 is 0 Å². The van der Waals surface area contributed by atoms with Crippen molar-refractivity contribution in [3.8, 4) is 0 Å². The molecule has 0 aromatic rings. The van der Waals surface area contributed by atoms with E-state index in [2.05, 4.69) is 37.9 Å². The Bertz CT molecular complexity index is 182. The Labute approximate surface area is 102 Å². The predicted octanol–water partition coefficient (Wildman–Crippen LogP) is 2.89. The summed E-state index contributed by atoms with van der Waals surface area (Å²) in [4.78, 5) is 2.70. The van der Waals surface area contributed by atoms with Crippen LogP contribution in [0.25, 0.3) is 0 Å². The molecule has 0 amide bonds. The SMILES string of the molecule is CCNC(C)CC(C)N1CCCC(CC)C1. The van der Waals surface area contributed by atoms with E-state index in [9.17, 15) is 0 Å². The minimum atomic E-state index is 0.655. The highest BCUT2D eigenvalue weighted by molar-refractivity contribution is 4.78. The molecule has 0 aliphatic carbocycles. The molecule has 0 aromatic heterocycles. The van der Waals surface area contributed by atoms with Gasteiger partial charge in [-0.3, -0.25) is 0 Å². The first-order chi connectivity index (χ1) is 7.67. The minimum absolute atomic E-state index is 0.655. The van der Waals surface area contributed by atoms with Gasteiger partial charge in [-0.05, 0) is 52.1 Å². The molecule has 3 unspecified atom stereocenters. The number of rotatable bonds is 6. The normalized spacial score (nSPS) is 26.6. The summed E-state index contributed by atoms with van der Waals surface area (Å²) in [6.45, 7) is 13.0. The standard InChI is InChI=1S/C14H30N2/c1-5-14-8-7-9-16(11-14)13(4)10-12(3)15-6-2/h12-15H,5-11H2,1-4H3. The number of nitrogens with zero attached hydrogens (tertiary/aromatic N) is 1. The molecule has 0 saturated carbocycles. The molecule has 2 nitrogen and oxygen atoms in total. The van der Waals surface area contributed by atoms with Gasteiger partial charge in [-0.25, -0.2) is 0 Å². The molecule has 0 spiro atoms. The molecule has 1 aliphatic heterocycles. The second-order valence-electron chi connectivity index (χ2n) is 5.45. The fraction of sp³-hybridized carbons (Fsp3) is 1.00. The molecule has 0 aromatic carbocycles. The first-order valence-electron chi connectivity index (χ1n) is 7.14. The number of nitrogens with one attached hydrogen (secondary N) is 1. The van der Waals surface area contributed by atoms with Crippen molar-refractivity contribution in [3.63, 3.8) is 0 Å². The summed E-state index contributed by atoms with van der Waals surface area (Å²) in [7, 11) is 0. The second kappa shape index (κ2) is 7.29. The lowest BCUT2D eigenvalue weighted by molar-refractivity contribution is 0.118.